The van der Waals surface area contributed by atoms with Crippen molar-refractivity contribution in [3.63, 3.8) is 0 Å². The molecule has 1 aromatic heterocycles. The SMILES string of the molecule is CCC(=O)N1CCC(c2ccc(Nc3nc(N[C@@H]4CCCC[C@@H]4N)nnc3C(N)=O)cc2)CC1. The van der Waals surface area contributed by atoms with Gasteiger partial charge < -0.3 is 27.0 Å². The molecule has 0 unspecified atom stereocenters. The number of amides is 2. The van der Waals surface area contributed by atoms with Crippen LogP contribution in [0.4, 0.5) is 17.5 Å². The molecule has 2 heterocycles. The number of benzene rings is 1. The molecule has 2 fully saturated rings. The van der Waals surface area contributed by atoms with Gasteiger partial charge in [-0.2, -0.15) is 4.98 Å². The number of aromatic nitrogens is 3. The van der Waals surface area contributed by atoms with Gasteiger partial charge in [0.1, 0.15) is 0 Å². The van der Waals surface area contributed by atoms with Crippen molar-refractivity contribution in [2.45, 2.75) is 69.9 Å². The van der Waals surface area contributed by atoms with Crippen molar-refractivity contribution in [2.75, 3.05) is 23.7 Å². The van der Waals surface area contributed by atoms with Crippen LogP contribution in [-0.4, -0.2) is 57.1 Å². The van der Waals surface area contributed by atoms with Gasteiger partial charge in [-0.05, 0) is 49.3 Å². The second-order valence-corrected chi connectivity index (χ2v) is 9.15. The van der Waals surface area contributed by atoms with Crippen LogP contribution in [0.25, 0.3) is 0 Å². The summed E-state index contributed by atoms with van der Waals surface area (Å²) in [7, 11) is 0. The minimum absolute atomic E-state index is 0.0180. The van der Waals surface area contributed by atoms with Gasteiger partial charge in [0.15, 0.2) is 11.5 Å². The molecule has 0 spiro atoms. The van der Waals surface area contributed by atoms with Crippen molar-refractivity contribution in [2.24, 2.45) is 11.5 Å². The topological polar surface area (TPSA) is 152 Å². The maximum Gasteiger partial charge on any atom is 0.273 e. The highest BCUT2D eigenvalue weighted by Crippen LogP contribution is 2.30. The van der Waals surface area contributed by atoms with Crippen molar-refractivity contribution in [3.05, 3.63) is 35.5 Å². The molecule has 1 aromatic carbocycles. The second-order valence-electron chi connectivity index (χ2n) is 9.15. The maximum absolute atomic E-state index is 11.9. The Balaban J connectivity index is 1.44. The molecule has 6 N–H and O–H groups in total. The smallest absolute Gasteiger partial charge is 0.273 e. The molecule has 34 heavy (non-hydrogen) atoms. The van der Waals surface area contributed by atoms with E-state index in [2.05, 4.69) is 37.9 Å². The number of nitrogens with zero attached hydrogens (tertiary/aromatic N) is 4. The fourth-order valence-corrected chi connectivity index (χ4v) is 4.81. The van der Waals surface area contributed by atoms with Gasteiger partial charge in [-0.15, -0.1) is 10.2 Å². The predicted molar refractivity (Wildman–Crippen MR) is 131 cm³/mol. The summed E-state index contributed by atoms with van der Waals surface area (Å²) in [6, 6.07) is 8.16. The van der Waals surface area contributed by atoms with Crippen molar-refractivity contribution in [1.29, 1.82) is 0 Å². The molecule has 1 aliphatic carbocycles. The molecule has 182 valence electrons. The molecule has 0 radical (unpaired) electrons. The average molecular weight is 467 g/mol. The first-order chi connectivity index (χ1) is 16.4. The van der Waals surface area contributed by atoms with Gasteiger partial charge in [0.2, 0.25) is 11.9 Å². The Morgan fingerprint density at radius 1 is 1.06 bits per heavy atom. The number of nitrogens with two attached hydrogens (primary N) is 2. The first kappa shape index (κ1) is 23.9. The molecule has 10 heteroatoms. The highest BCUT2D eigenvalue weighted by Gasteiger charge is 2.24. The quantitative estimate of drug-likeness (QED) is 0.486. The third-order valence-corrected chi connectivity index (χ3v) is 6.85. The first-order valence-electron chi connectivity index (χ1n) is 12.2. The van der Waals surface area contributed by atoms with E-state index in [-0.39, 0.29) is 29.5 Å². The normalized spacial score (nSPS) is 21.2. The van der Waals surface area contributed by atoms with Crippen molar-refractivity contribution >= 4 is 29.3 Å². The van der Waals surface area contributed by atoms with Crippen LogP contribution < -0.4 is 22.1 Å². The predicted octanol–water partition coefficient (Wildman–Crippen LogP) is 2.51. The van der Waals surface area contributed by atoms with E-state index in [0.29, 0.717) is 18.3 Å². The first-order valence-corrected chi connectivity index (χ1v) is 12.2. The Kier molecular flexibility index (Phi) is 7.56. The van der Waals surface area contributed by atoms with Gasteiger partial charge in [-0.3, -0.25) is 9.59 Å². The van der Waals surface area contributed by atoms with Gasteiger partial charge in [0.25, 0.3) is 5.91 Å². The van der Waals surface area contributed by atoms with E-state index in [1.165, 1.54) is 5.56 Å². The summed E-state index contributed by atoms with van der Waals surface area (Å²) in [5.41, 5.74) is 13.7. The van der Waals surface area contributed by atoms with Gasteiger partial charge in [0, 0.05) is 37.3 Å². The number of anilines is 3. The summed E-state index contributed by atoms with van der Waals surface area (Å²) in [5, 5.41) is 14.5. The Morgan fingerprint density at radius 2 is 1.76 bits per heavy atom. The van der Waals surface area contributed by atoms with Crippen molar-refractivity contribution < 1.29 is 9.59 Å². The monoisotopic (exact) mass is 466 g/mol. The third kappa shape index (κ3) is 5.61. The van der Waals surface area contributed by atoms with Gasteiger partial charge in [-0.25, -0.2) is 0 Å². The van der Waals surface area contributed by atoms with E-state index in [0.717, 1.165) is 57.3 Å². The van der Waals surface area contributed by atoms with E-state index < -0.39 is 5.91 Å². The van der Waals surface area contributed by atoms with Crippen molar-refractivity contribution in [3.8, 4) is 0 Å². The molecule has 1 saturated heterocycles. The molecule has 4 rings (SSSR count). The average Bonchev–Trinajstić information content (AvgIpc) is 2.85. The van der Waals surface area contributed by atoms with E-state index in [4.69, 9.17) is 11.5 Å². The van der Waals surface area contributed by atoms with Crippen LogP contribution in [0.15, 0.2) is 24.3 Å². The fourth-order valence-electron chi connectivity index (χ4n) is 4.81. The summed E-state index contributed by atoms with van der Waals surface area (Å²) in [4.78, 5) is 30.2. The van der Waals surface area contributed by atoms with Crippen LogP contribution in [0.2, 0.25) is 0 Å². The minimum atomic E-state index is -0.701. The Bertz CT molecular complexity index is 1000. The molecule has 2 aliphatic rings. The molecular formula is C24H34N8O2. The number of hydrogen-bond acceptors (Lipinski definition) is 8. The highest BCUT2D eigenvalue weighted by atomic mass is 16.2. The van der Waals surface area contributed by atoms with Crippen LogP contribution in [0.3, 0.4) is 0 Å². The van der Waals surface area contributed by atoms with Gasteiger partial charge in [0.05, 0.1) is 0 Å². The molecule has 1 saturated carbocycles. The van der Waals surface area contributed by atoms with E-state index >= 15 is 0 Å². The lowest BCUT2D eigenvalue weighted by Crippen LogP contribution is -2.43. The molecule has 10 nitrogen and oxygen atoms in total. The minimum Gasteiger partial charge on any atom is -0.364 e. The highest BCUT2D eigenvalue weighted by molar-refractivity contribution is 5.96. The van der Waals surface area contributed by atoms with Crippen molar-refractivity contribution in [1.82, 2.24) is 20.1 Å². The van der Waals surface area contributed by atoms with E-state index in [1.54, 1.807) is 0 Å². The second kappa shape index (κ2) is 10.8. The largest absolute Gasteiger partial charge is 0.364 e. The van der Waals surface area contributed by atoms with Gasteiger partial charge >= 0.3 is 0 Å². The standard InChI is InChI=1S/C24H34N8O2/c1-2-20(33)32-13-11-16(12-14-32)15-7-9-17(10-8-15)27-23-21(22(26)34)30-31-24(29-23)28-19-6-4-3-5-18(19)25/h7-10,16,18-19H,2-6,11-14,25H2,1H3,(H2,26,34)(H2,27,28,29,31)/t18-,19+/m0/s1. The molecule has 2 amide bonds. The van der Waals surface area contributed by atoms with Crippen LogP contribution in [0, 0.1) is 0 Å². The van der Waals surface area contributed by atoms with Crippen LogP contribution in [-0.2, 0) is 4.79 Å². The van der Waals surface area contributed by atoms with E-state index in [9.17, 15) is 9.59 Å². The lowest BCUT2D eigenvalue weighted by atomic mass is 9.89. The van der Waals surface area contributed by atoms with Crippen LogP contribution in [0.5, 0.6) is 0 Å². The summed E-state index contributed by atoms with van der Waals surface area (Å²) >= 11 is 0. The third-order valence-electron chi connectivity index (χ3n) is 6.85. The summed E-state index contributed by atoms with van der Waals surface area (Å²) in [6.45, 7) is 3.50. The fraction of sp³-hybridized carbons (Fsp3) is 0.542. The maximum atomic E-state index is 11.9. The number of piperidine rings is 1. The Labute approximate surface area is 199 Å². The Hall–Kier alpha value is -3.27. The Morgan fingerprint density at radius 3 is 2.41 bits per heavy atom. The zero-order valence-electron chi connectivity index (χ0n) is 19.7. The molecular weight excluding hydrogens is 432 g/mol. The van der Waals surface area contributed by atoms with E-state index in [1.807, 2.05) is 24.0 Å². The zero-order chi connectivity index (χ0) is 24.1. The lowest BCUT2D eigenvalue weighted by molar-refractivity contribution is -0.131. The zero-order valence-corrected chi connectivity index (χ0v) is 19.7. The van der Waals surface area contributed by atoms with Gasteiger partial charge in [-0.1, -0.05) is 31.9 Å². The number of carbonyl (C=O) groups excluding carboxylic acids is 2. The number of rotatable bonds is 7. The number of likely N-dealkylation sites (tertiary alicyclic amines) is 1. The van der Waals surface area contributed by atoms with Crippen LogP contribution >= 0.6 is 0 Å². The summed E-state index contributed by atoms with van der Waals surface area (Å²) in [6.07, 6.45) is 6.59. The number of carbonyl (C=O) groups is 2. The number of nitrogens with one attached hydrogen (secondary N) is 2. The molecule has 2 atom stereocenters. The number of primary amides is 1. The molecule has 1 aliphatic heterocycles. The number of hydrogen-bond donors (Lipinski definition) is 4. The lowest BCUT2D eigenvalue weighted by Gasteiger charge is -2.32. The summed E-state index contributed by atoms with van der Waals surface area (Å²) < 4.78 is 0. The molecule has 2 aromatic rings. The summed E-state index contributed by atoms with van der Waals surface area (Å²) in [5.74, 6) is 0.523. The molecule has 0 bridgehead atoms. The van der Waals surface area contributed by atoms with Crippen LogP contribution in [0.1, 0.15) is 73.8 Å².